The van der Waals surface area contributed by atoms with Crippen molar-refractivity contribution in [1.82, 2.24) is 19.9 Å². The Hall–Kier alpha value is -2.50. The lowest BCUT2D eigenvalue weighted by atomic mass is 10.3. The van der Waals surface area contributed by atoms with Gasteiger partial charge in [0.15, 0.2) is 5.65 Å². The molecule has 0 aliphatic heterocycles. The molecule has 6 heteroatoms. The van der Waals surface area contributed by atoms with Crippen LogP contribution in [-0.2, 0) is 6.54 Å². The first-order valence-corrected chi connectivity index (χ1v) is 5.87. The first-order chi connectivity index (χ1) is 9.22. The molecule has 5 nitrogen and oxygen atoms in total. The van der Waals surface area contributed by atoms with Gasteiger partial charge >= 0.3 is 0 Å². The second kappa shape index (κ2) is 4.64. The summed E-state index contributed by atoms with van der Waals surface area (Å²) in [6.45, 7) is 2.33. The predicted octanol–water partition coefficient (Wildman–Crippen LogP) is 2.41. The molecule has 0 spiro atoms. The number of aryl methyl sites for hydroxylation is 1. The summed E-state index contributed by atoms with van der Waals surface area (Å²) in [6, 6.07) is 3.30. The molecule has 0 saturated carbocycles. The highest BCUT2D eigenvalue weighted by Crippen LogP contribution is 2.15. The molecule has 0 radical (unpaired) electrons. The molecule has 0 atom stereocenters. The Labute approximate surface area is 108 Å². The van der Waals surface area contributed by atoms with Crippen LogP contribution in [0.25, 0.3) is 11.2 Å². The van der Waals surface area contributed by atoms with Gasteiger partial charge in [0, 0.05) is 18.9 Å². The SMILES string of the molecule is Cc1nc2[nH]ccc2nc1NCc1cncc(F)c1. The van der Waals surface area contributed by atoms with Crippen molar-refractivity contribution in [3.05, 3.63) is 47.8 Å². The molecule has 0 saturated heterocycles. The predicted molar refractivity (Wildman–Crippen MR) is 70.1 cm³/mol. The first kappa shape index (κ1) is 11.6. The topological polar surface area (TPSA) is 66.5 Å². The molecule has 2 N–H and O–H groups in total. The van der Waals surface area contributed by atoms with Crippen molar-refractivity contribution < 1.29 is 4.39 Å². The van der Waals surface area contributed by atoms with E-state index < -0.39 is 0 Å². The van der Waals surface area contributed by atoms with E-state index in [4.69, 9.17) is 0 Å². The lowest BCUT2D eigenvalue weighted by Gasteiger charge is -2.08. The third kappa shape index (κ3) is 2.37. The van der Waals surface area contributed by atoms with E-state index in [1.807, 2.05) is 13.0 Å². The number of hydrogen-bond acceptors (Lipinski definition) is 4. The maximum absolute atomic E-state index is 13.0. The standard InChI is InChI=1S/C13H12FN5/c1-8-12(19-11-2-3-16-13(11)18-8)17-6-9-4-10(14)7-15-5-9/h2-5,7H,6H2,1H3,(H,16,18)(H,17,19). The van der Waals surface area contributed by atoms with Crippen molar-refractivity contribution in [1.29, 1.82) is 0 Å². The molecule has 0 aliphatic rings. The number of hydrogen-bond donors (Lipinski definition) is 2. The van der Waals surface area contributed by atoms with Crippen LogP contribution in [0.3, 0.4) is 0 Å². The van der Waals surface area contributed by atoms with Crippen LogP contribution in [0.15, 0.2) is 30.7 Å². The average molecular weight is 257 g/mol. The number of aromatic nitrogens is 4. The summed E-state index contributed by atoms with van der Waals surface area (Å²) in [7, 11) is 0. The number of H-pyrrole nitrogens is 1. The van der Waals surface area contributed by atoms with Crippen LogP contribution >= 0.6 is 0 Å². The third-order valence-electron chi connectivity index (χ3n) is 2.78. The minimum Gasteiger partial charge on any atom is -0.364 e. The van der Waals surface area contributed by atoms with E-state index in [1.54, 1.807) is 12.4 Å². The van der Waals surface area contributed by atoms with Gasteiger partial charge in [0.1, 0.15) is 17.2 Å². The van der Waals surface area contributed by atoms with Gasteiger partial charge in [-0.3, -0.25) is 4.98 Å². The molecule has 3 aromatic heterocycles. The number of nitrogens with one attached hydrogen (secondary N) is 2. The van der Waals surface area contributed by atoms with Crippen molar-refractivity contribution in [3.8, 4) is 0 Å². The van der Waals surface area contributed by atoms with Gasteiger partial charge in [-0.05, 0) is 24.6 Å². The fraction of sp³-hybridized carbons (Fsp3) is 0.154. The van der Waals surface area contributed by atoms with Gasteiger partial charge in [-0.2, -0.15) is 0 Å². The van der Waals surface area contributed by atoms with Crippen LogP contribution in [0.1, 0.15) is 11.3 Å². The van der Waals surface area contributed by atoms with E-state index in [-0.39, 0.29) is 5.82 Å². The Kier molecular flexibility index (Phi) is 2.83. The summed E-state index contributed by atoms with van der Waals surface area (Å²) in [5.41, 5.74) is 3.11. The number of rotatable bonds is 3. The zero-order valence-corrected chi connectivity index (χ0v) is 10.3. The van der Waals surface area contributed by atoms with Gasteiger partial charge in [-0.15, -0.1) is 0 Å². The fourth-order valence-corrected chi connectivity index (χ4v) is 1.86. The summed E-state index contributed by atoms with van der Waals surface area (Å²) in [4.78, 5) is 15.7. The van der Waals surface area contributed by atoms with Crippen molar-refractivity contribution >= 4 is 17.0 Å². The molecule has 0 aliphatic carbocycles. The molecule has 3 heterocycles. The smallest absolute Gasteiger partial charge is 0.156 e. The highest BCUT2D eigenvalue weighted by molar-refractivity contribution is 5.72. The monoisotopic (exact) mass is 257 g/mol. The molecule has 19 heavy (non-hydrogen) atoms. The average Bonchev–Trinajstić information content (AvgIpc) is 2.83. The molecular formula is C13H12FN5. The van der Waals surface area contributed by atoms with E-state index in [2.05, 4.69) is 25.3 Å². The quantitative estimate of drug-likeness (QED) is 0.756. The van der Waals surface area contributed by atoms with Crippen LogP contribution in [-0.4, -0.2) is 19.9 Å². The molecular weight excluding hydrogens is 245 g/mol. The Morgan fingerprint density at radius 1 is 1.32 bits per heavy atom. The van der Waals surface area contributed by atoms with E-state index in [0.29, 0.717) is 12.4 Å². The maximum atomic E-state index is 13.0. The molecule has 0 amide bonds. The largest absolute Gasteiger partial charge is 0.364 e. The van der Waals surface area contributed by atoms with E-state index in [1.165, 1.54) is 12.3 Å². The minimum atomic E-state index is -0.344. The molecule has 0 bridgehead atoms. The van der Waals surface area contributed by atoms with Gasteiger partial charge in [0.25, 0.3) is 0 Å². The van der Waals surface area contributed by atoms with Crippen molar-refractivity contribution in [2.24, 2.45) is 0 Å². The van der Waals surface area contributed by atoms with E-state index in [0.717, 1.165) is 22.4 Å². The van der Waals surface area contributed by atoms with Crippen LogP contribution < -0.4 is 5.32 Å². The molecule has 3 aromatic rings. The number of aromatic amines is 1. The number of pyridine rings is 1. The minimum absolute atomic E-state index is 0.344. The van der Waals surface area contributed by atoms with Crippen LogP contribution in [0.5, 0.6) is 0 Å². The van der Waals surface area contributed by atoms with Gasteiger partial charge < -0.3 is 10.3 Å². The van der Waals surface area contributed by atoms with E-state index >= 15 is 0 Å². The Bertz CT molecular complexity index is 722. The zero-order chi connectivity index (χ0) is 13.2. The van der Waals surface area contributed by atoms with Gasteiger partial charge in [0.2, 0.25) is 0 Å². The Balaban J connectivity index is 1.83. The summed E-state index contributed by atoms with van der Waals surface area (Å²) in [5.74, 6) is 0.347. The third-order valence-corrected chi connectivity index (χ3v) is 2.78. The normalized spacial score (nSPS) is 10.8. The lowest BCUT2D eigenvalue weighted by Crippen LogP contribution is -2.05. The molecule has 0 aromatic carbocycles. The fourth-order valence-electron chi connectivity index (χ4n) is 1.86. The van der Waals surface area contributed by atoms with Gasteiger partial charge in [-0.25, -0.2) is 14.4 Å². The number of anilines is 1. The number of fused-ring (bicyclic) bond motifs is 1. The second-order valence-corrected chi connectivity index (χ2v) is 4.23. The Morgan fingerprint density at radius 3 is 3.05 bits per heavy atom. The molecule has 0 fully saturated rings. The van der Waals surface area contributed by atoms with Crippen molar-refractivity contribution in [2.45, 2.75) is 13.5 Å². The summed E-state index contributed by atoms with van der Waals surface area (Å²) < 4.78 is 13.0. The maximum Gasteiger partial charge on any atom is 0.156 e. The van der Waals surface area contributed by atoms with Crippen LogP contribution in [0, 0.1) is 12.7 Å². The van der Waals surface area contributed by atoms with E-state index in [9.17, 15) is 4.39 Å². The number of nitrogens with zero attached hydrogens (tertiary/aromatic N) is 3. The molecule has 96 valence electrons. The highest BCUT2D eigenvalue weighted by Gasteiger charge is 2.05. The van der Waals surface area contributed by atoms with Crippen molar-refractivity contribution in [3.63, 3.8) is 0 Å². The lowest BCUT2D eigenvalue weighted by molar-refractivity contribution is 0.619. The number of halogens is 1. The second-order valence-electron chi connectivity index (χ2n) is 4.23. The summed E-state index contributed by atoms with van der Waals surface area (Å²) in [5, 5.41) is 3.14. The van der Waals surface area contributed by atoms with Gasteiger partial charge in [-0.1, -0.05) is 0 Å². The highest BCUT2D eigenvalue weighted by atomic mass is 19.1. The molecule has 3 rings (SSSR count). The van der Waals surface area contributed by atoms with Gasteiger partial charge in [0.05, 0.1) is 11.9 Å². The summed E-state index contributed by atoms with van der Waals surface area (Å²) in [6.07, 6.45) is 4.60. The molecule has 0 unspecified atom stereocenters. The first-order valence-electron chi connectivity index (χ1n) is 5.87. The van der Waals surface area contributed by atoms with Crippen molar-refractivity contribution in [2.75, 3.05) is 5.32 Å². The summed E-state index contributed by atoms with van der Waals surface area (Å²) >= 11 is 0. The van der Waals surface area contributed by atoms with Crippen LogP contribution in [0.2, 0.25) is 0 Å². The zero-order valence-electron chi connectivity index (χ0n) is 10.3. The Morgan fingerprint density at radius 2 is 2.21 bits per heavy atom. The van der Waals surface area contributed by atoms with Crippen LogP contribution in [0.4, 0.5) is 10.2 Å².